The topological polar surface area (TPSA) is 33.1 Å². The van der Waals surface area contributed by atoms with Gasteiger partial charge in [-0.1, -0.05) is 54.6 Å². The van der Waals surface area contributed by atoms with Crippen molar-refractivity contribution in [2.24, 2.45) is 0 Å². The summed E-state index contributed by atoms with van der Waals surface area (Å²) in [6.07, 6.45) is 10.7. The van der Waals surface area contributed by atoms with E-state index in [9.17, 15) is 9.50 Å². The molecule has 0 spiro atoms. The van der Waals surface area contributed by atoms with Crippen molar-refractivity contribution in [1.29, 1.82) is 0 Å². The SMILES string of the molecule is C=CCc1ccc(-c2ccc(-c3ccc(C=CCCCC(C)O)nc3)cc2)cc1F. The summed E-state index contributed by atoms with van der Waals surface area (Å²) < 4.78 is 14.2. The van der Waals surface area contributed by atoms with Crippen molar-refractivity contribution < 1.29 is 9.50 Å². The van der Waals surface area contributed by atoms with Crippen LogP contribution in [0.25, 0.3) is 28.3 Å². The Labute approximate surface area is 178 Å². The van der Waals surface area contributed by atoms with E-state index in [1.165, 1.54) is 0 Å². The number of aromatic nitrogens is 1. The van der Waals surface area contributed by atoms with Crippen LogP contribution in [0.15, 0.2) is 79.5 Å². The monoisotopic (exact) mass is 401 g/mol. The van der Waals surface area contributed by atoms with Crippen molar-refractivity contribution in [1.82, 2.24) is 4.98 Å². The summed E-state index contributed by atoms with van der Waals surface area (Å²) in [6.45, 7) is 5.48. The number of aliphatic hydroxyl groups is 1. The van der Waals surface area contributed by atoms with Crippen molar-refractivity contribution in [3.05, 3.63) is 96.6 Å². The van der Waals surface area contributed by atoms with Crippen LogP contribution in [0.2, 0.25) is 0 Å². The Hall–Kier alpha value is -3.04. The van der Waals surface area contributed by atoms with Crippen LogP contribution < -0.4 is 0 Å². The van der Waals surface area contributed by atoms with Gasteiger partial charge in [0.2, 0.25) is 0 Å². The number of halogens is 1. The third-order valence-electron chi connectivity index (χ3n) is 5.04. The highest BCUT2D eigenvalue weighted by Gasteiger charge is 2.05. The number of nitrogens with zero attached hydrogens (tertiary/aromatic N) is 1. The predicted molar refractivity (Wildman–Crippen MR) is 124 cm³/mol. The van der Waals surface area contributed by atoms with Gasteiger partial charge in [0.1, 0.15) is 5.82 Å². The Morgan fingerprint density at radius 2 is 1.67 bits per heavy atom. The fourth-order valence-corrected chi connectivity index (χ4v) is 3.31. The molecule has 0 saturated heterocycles. The van der Waals surface area contributed by atoms with Crippen LogP contribution in [-0.2, 0) is 6.42 Å². The minimum Gasteiger partial charge on any atom is -0.393 e. The maximum atomic E-state index is 14.2. The van der Waals surface area contributed by atoms with Crippen molar-refractivity contribution in [2.45, 2.75) is 38.7 Å². The number of rotatable bonds is 9. The first-order chi connectivity index (χ1) is 14.6. The van der Waals surface area contributed by atoms with Gasteiger partial charge in [0.25, 0.3) is 0 Å². The molecule has 0 fully saturated rings. The third kappa shape index (κ3) is 5.98. The molecule has 0 radical (unpaired) electrons. The maximum Gasteiger partial charge on any atom is 0.127 e. The molecule has 0 aliphatic rings. The van der Waals surface area contributed by atoms with E-state index in [4.69, 9.17) is 0 Å². The van der Waals surface area contributed by atoms with E-state index in [1.807, 2.05) is 61.7 Å². The fraction of sp³-hybridized carbons (Fsp3) is 0.222. The minimum absolute atomic E-state index is 0.199. The summed E-state index contributed by atoms with van der Waals surface area (Å²) in [4.78, 5) is 4.51. The summed E-state index contributed by atoms with van der Waals surface area (Å²) in [5, 5.41) is 9.28. The molecule has 0 aliphatic carbocycles. The molecule has 0 amide bonds. The smallest absolute Gasteiger partial charge is 0.127 e. The van der Waals surface area contributed by atoms with Gasteiger partial charge in [-0.2, -0.15) is 0 Å². The molecule has 154 valence electrons. The first-order valence-electron chi connectivity index (χ1n) is 10.4. The quantitative estimate of drug-likeness (QED) is 0.314. The standard InChI is InChI=1S/C27H28FNO/c1-3-7-23-14-15-24(18-27(23)28)21-10-12-22(13-11-21)25-16-17-26(29-19-25)9-6-4-5-8-20(2)30/h3,6,9-20,30H,1,4-5,7-8H2,2H3. The van der Waals surface area contributed by atoms with Gasteiger partial charge in [0.15, 0.2) is 0 Å². The maximum absolute atomic E-state index is 14.2. The molecule has 2 nitrogen and oxygen atoms in total. The lowest BCUT2D eigenvalue weighted by Crippen LogP contribution is -1.97. The molecule has 1 unspecified atom stereocenters. The van der Waals surface area contributed by atoms with Gasteiger partial charge in [0, 0.05) is 11.8 Å². The second-order valence-corrected chi connectivity index (χ2v) is 7.53. The van der Waals surface area contributed by atoms with Gasteiger partial charge in [-0.25, -0.2) is 4.39 Å². The summed E-state index contributed by atoms with van der Waals surface area (Å²) in [5.41, 5.74) is 5.53. The molecule has 3 aromatic rings. The van der Waals surface area contributed by atoms with Gasteiger partial charge >= 0.3 is 0 Å². The molecule has 3 rings (SSSR count). The number of hydrogen-bond donors (Lipinski definition) is 1. The van der Waals surface area contributed by atoms with Crippen LogP contribution >= 0.6 is 0 Å². The third-order valence-corrected chi connectivity index (χ3v) is 5.04. The molecule has 2 aromatic carbocycles. The number of hydrogen-bond acceptors (Lipinski definition) is 2. The Morgan fingerprint density at radius 3 is 2.27 bits per heavy atom. The van der Waals surface area contributed by atoms with Gasteiger partial charge in [-0.15, -0.1) is 6.58 Å². The summed E-state index contributed by atoms with van der Waals surface area (Å²) in [7, 11) is 0. The highest BCUT2D eigenvalue weighted by atomic mass is 19.1. The van der Waals surface area contributed by atoms with Crippen molar-refractivity contribution >= 4 is 6.08 Å². The van der Waals surface area contributed by atoms with Crippen LogP contribution in [0.1, 0.15) is 37.4 Å². The van der Waals surface area contributed by atoms with Gasteiger partial charge in [-0.3, -0.25) is 4.98 Å². The van der Waals surface area contributed by atoms with Gasteiger partial charge < -0.3 is 5.11 Å². The Kier molecular flexibility index (Phi) is 7.69. The lowest BCUT2D eigenvalue weighted by Gasteiger charge is -2.07. The predicted octanol–water partition coefficient (Wildman–Crippen LogP) is 6.85. The van der Waals surface area contributed by atoms with Gasteiger partial charge in [0.05, 0.1) is 11.8 Å². The molecule has 1 N–H and O–H groups in total. The molecule has 0 bridgehead atoms. The second kappa shape index (κ2) is 10.7. The zero-order valence-electron chi connectivity index (χ0n) is 17.4. The Morgan fingerprint density at radius 1 is 1.00 bits per heavy atom. The average Bonchev–Trinajstić information content (AvgIpc) is 2.75. The molecular weight excluding hydrogens is 373 g/mol. The lowest BCUT2D eigenvalue weighted by molar-refractivity contribution is 0.182. The fourth-order valence-electron chi connectivity index (χ4n) is 3.31. The van der Waals surface area contributed by atoms with Crippen LogP contribution in [0.5, 0.6) is 0 Å². The van der Waals surface area contributed by atoms with E-state index in [0.29, 0.717) is 12.0 Å². The molecule has 0 aliphatic heterocycles. The highest BCUT2D eigenvalue weighted by Crippen LogP contribution is 2.26. The van der Waals surface area contributed by atoms with E-state index in [0.717, 1.165) is 47.2 Å². The molecule has 1 heterocycles. The van der Waals surface area contributed by atoms with E-state index < -0.39 is 0 Å². The second-order valence-electron chi connectivity index (χ2n) is 7.53. The van der Waals surface area contributed by atoms with Crippen LogP contribution in [-0.4, -0.2) is 16.2 Å². The molecule has 3 heteroatoms. The summed E-state index contributed by atoms with van der Waals surface area (Å²) in [5.74, 6) is -0.199. The summed E-state index contributed by atoms with van der Waals surface area (Å²) in [6, 6.07) is 17.5. The molecular formula is C27H28FNO. The number of allylic oxidation sites excluding steroid dienone is 2. The lowest BCUT2D eigenvalue weighted by atomic mass is 9.99. The normalized spacial score (nSPS) is 12.2. The number of benzene rings is 2. The zero-order chi connectivity index (χ0) is 21.3. The van der Waals surface area contributed by atoms with E-state index in [2.05, 4.69) is 23.7 Å². The first-order valence-corrected chi connectivity index (χ1v) is 10.4. The highest BCUT2D eigenvalue weighted by molar-refractivity contribution is 5.70. The number of unbranched alkanes of at least 4 members (excludes halogenated alkanes) is 1. The van der Waals surface area contributed by atoms with Crippen molar-refractivity contribution in [2.75, 3.05) is 0 Å². The summed E-state index contributed by atoms with van der Waals surface area (Å²) >= 11 is 0. The van der Waals surface area contributed by atoms with E-state index >= 15 is 0 Å². The Balaban J connectivity index is 1.65. The van der Waals surface area contributed by atoms with Crippen LogP contribution in [0, 0.1) is 5.82 Å². The van der Waals surface area contributed by atoms with Crippen LogP contribution in [0.3, 0.4) is 0 Å². The molecule has 0 saturated carbocycles. The van der Waals surface area contributed by atoms with E-state index in [-0.39, 0.29) is 11.9 Å². The number of aliphatic hydroxyl groups excluding tert-OH is 1. The van der Waals surface area contributed by atoms with Crippen molar-refractivity contribution in [3.63, 3.8) is 0 Å². The number of pyridine rings is 1. The largest absolute Gasteiger partial charge is 0.393 e. The Bertz CT molecular complexity index is 988. The van der Waals surface area contributed by atoms with Crippen molar-refractivity contribution in [3.8, 4) is 22.3 Å². The molecule has 1 atom stereocenters. The zero-order valence-corrected chi connectivity index (χ0v) is 17.4. The first kappa shape index (κ1) is 21.7. The molecule has 30 heavy (non-hydrogen) atoms. The van der Waals surface area contributed by atoms with E-state index in [1.54, 1.807) is 12.1 Å². The van der Waals surface area contributed by atoms with Gasteiger partial charge in [-0.05, 0) is 73.1 Å². The minimum atomic E-state index is -0.238. The van der Waals surface area contributed by atoms with Crippen LogP contribution in [0.4, 0.5) is 4.39 Å². The average molecular weight is 402 g/mol. The molecule has 1 aromatic heterocycles.